The summed E-state index contributed by atoms with van der Waals surface area (Å²) in [5, 5.41) is 2.74. The standard InChI is InChI=1S/C24H31N3O4S/c1-15(2)10-11-27-22-8-7-20(14-19(22)6-9-23(27)29)26-32(30,31)21-12-16(3)24(17(4)13-21)25-18(5)28/h7-8,12-15,26H,6,9-11H2,1-5H3,(H,25,28). The molecular formula is C24H31N3O4S. The smallest absolute Gasteiger partial charge is 0.261 e. The highest BCUT2D eigenvalue weighted by Gasteiger charge is 2.25. The zero-order chi connectivity index (χ0) is 23.6. The van der Waals surface area contributed by atoms with Crippen LogP contribution in [0.15, 0.2) is 35.2 Å². The fourth-order valence-corrected chi connectivity index (χ4v) is 5.14. The van der Waals surface area contributed by atoms with Crippen LogP contribution in [0.2, 0.25) is 0 Å². The van der Waals surface area contributed by atoms with E-state index in [9.17, 15) is 18.0 Å². The molecule has 2 aromatic rings. The van der Waals surface area contributed by atoms with E-state index in [1.54, 1.807) is 32.0 Å². The minimum Gasteiger partial charge on any atom is -0.326 e. The third-order valence-electron chi connectivity index (χ3n) is 5.58. The number of hydrogen-bond donors (Lipinski definition) is 2. The summed E-state index contributed by atoms with van der Waals surface area (Å²) in [4.78, 5) is 25.8. The normalized spacial score (nSPS) is 13.8. The van der Waals surface area contributed by atoms with Crippen molar-refractivity contribution in [2.24, 2.45) is 5.92 Å². The Kier molecular flexibility index (Phi) is 6.93. The first-order valence-corrected chi connectivity index (χ1v) is 12.3. The molecule has 2 amide bonds. The van der Waals surface area contributed by atoms with Crippen molar-refractivity contribution in [3.05, 3.63) is 47.0 Å². The van der Waals surface area contributed by atoms with Crippen molar-refractivity contribution >= 4 is 38.9 Å². The number of carbonyl (C=O) groups excluding carboxylic acids is 2. The highest BCUT2D eigenvalue weighted by molar-refractivity contribution is 7.92. The van der Waals surface area contributed by atoms with Crippen molar-refractivity contribution in [1.29, 1.82) is 0 Å². The van der Waals surface area contributed by atoms with Gasteiger partial charge in [0.15, 0.2) is 0 Å². The van der Waals surface area contributed by atoms with E-state index < -0.39 is 10.0 Å². The molecule has 1 heterocycles. The molecule has 3 rings (SSSR count). The number of benzene rings is 2. The van der Waals surface area contributed by atoms with Crippen LogP contribution in [-0.4, -0.2) is 26.8 Å². The van der Waals surface area contributed by atoms with E-state index in [2.05, 4.69) is 23.9 Å². The second-order valence-electron chi connectivity index (χ2n) is 8.79. The summed E-state index contributed by atoms with van der Waals surface area (Å²) in [6.45, 7) is 9.85. The Labute approximate surface area is 190 Å². The van der Waals surface area contributed by atoms with Crippen LogP contribution in [0, 0.1) is 19.8 Å². The van der Waals surface area contributed by atoms with Gasteiger partial charge >= 0.3 is 0 Å². The van der Waals surface area contributed by atoms with Crippen LogP contribution >= 0.6 is 0 Å². The molecule has 1 aliphatic heterocycles. The number of rotatable bonds is 7. The number of nitrogens with one attached hydrogen (secondary N) is 2. The zero-order valence-electron chi connectivity index (χ0n) is 19.3. The first kappa shape index (κ1) is 23.8. The van der Waals surface area contributed by atoms with Crippen molar-refractivity contribution in [3.63, 3.8) is 0 Å². The maximum atomic E-state index is 13.0. The predicted octanol–water partition coefficient (Wildman–Crippen LogP) is 4.39. The summed E-state index contributed by atoms with van der Waals surface area (Å²) < 4.78 is 28.7. The Morgan fingerprint density at radius 1 is 1.09 bits per heavy atom. The number of amides is 2. The quantitative estimate of drug-likeness (QED) is 0.645. The average Bonchev–Trinajstić information content (AvgIpc) is 2.69. The first-order valence-electron chi connectivity index (χ1n) is 10.8. The van der Waals surface area contributed by atoms with E-state index in [-0.39, 0.29) is 16.7 Å². The molecule has 0 spiro atoms. The van der Waals surface area contributed by atoms with Gasteiger partial charge in [0.1, 0.15) is 0 Å². The largest absolute Gasteiger partial charge is 0.326 e. The summed E-state index contributed by atoms with van der Waals surface area (Å²) in [5.41, 5.74) is 4.24. The van der Waals surface area contributed by atoms with E-state index >= 15 is 0 Å². The van der Waals surface area contributed by atoms with Gasteiger partial charge in [-0.1, -0.05) is 13.8 Å². The number of fused-ring (bicyclic) bond motifs is 1. The summed E-state index contributed by atoms with van der Waals surface area (Å²) in [6, 6.07) is 8.42. The summed E-state index contributed by atoms with van der Waals surface area (Å²) in [5.74, 6) is 0.389. The van der Waals surface area contributed by atoms with Gasteiger partial charge in [0, 0.05) is 37.0 Å². The van der Waals surface area contributed by atoms with Crippen molar-refractivity contribution < 1.29 is 18.0 Å². The molecule has 172 valence electrons. The molecule has 0 radical (unpaired) electrons. The minimum absolute atomic E-state index is 0.108. The zero-order valence-corrected chi connectivity index (χ0v) is 20.1. The molecule has 2 aromatic carbocycles. The Balaban J connectivity index is 1.86. The maximum absolute atomic E-state index is 13.0. The van der Waals surface area contributed by atoms with E-state index in [0.29, 0.717) is 47.8 Å². The molecule has 0 bridgehead atoms. The fraction of sp³-hybridized carbons (Fsp3) is 0.417. The third-order valence-corrected chi connectivity index (χ3v) is 6.94. The summed E-state index contributed by atoms with van der Waals surface area (Å²) in [6.07, 6.45) is 1.92. The van der Waals surface area contributed by atoms with Crippen LogP contribution in [0.5, 0.6) is 0 Å². The molecule has 0 saturated heterocycles. The number of hydrogen-bond acceptors (Lipinski definition) is 4. The van der Waals surface area contributed by atoms with Crippen LogP contribution in [-0.2, 0) is 26.0 Å². The first-order chi connectivity index (χ1) is 15.0. The Bertz CT molecular complexity index is 1130. The van der Waals surface area contributed by atoms with Gasteiger partial charge in [0.25, 0.3) is 10.0 Å². The molecule has 8 heteroatoms. The second-order valence-corrected chi connectivity index (χ2v) is 10.5. The van der Waals surface area contributed by atoms with Gasteiger partial charge in [-0.3, -0.25) is 14.3 Å². The Hall–Kier alpha value is -2.87. The van der Waals surface area contributed by atoms with Gasteiger partial charge in [-0.25, -0.2) is 8.42 Å². The monoisotopic (exact) mass is 457 g/mol. The molecule has 0 fully saturated rings. The lowest BCUT2D eigenvalue weighted by molar-refractivity contribution is -0.119. The van der Waals surface area contributed by atoms with Crippen LogP contribution in [0.25, 0.3) is 0 Å². The molecule has 0 saturated carbocycles. The van der Waals surface area contributed by atoms with Gasteiger partial charge in [0.2, 0.25) is 11.8 Å². The van der Waals surface area contributed by atoms with Crippen LogP contribution in [0.3, 0.4) is 0 Å². The number of carbonyl (C=O) groups is 2. The second kappa shape index (κ2) is 9.32. The molecule has 0 aliphatic carbocycles. The molecule has 1 aliphatic rings. The average molecular weight is 458 g/mol. The minimum atomic E-state index is -3.82. The van der Waals surface area contributed by atoms with Crippen LogP contribution < -0.4 is 14.9 Å². The van der Waals surface area contributed by atoms with Crippen molar-refractivity contribution in [2.45, 2.75) is 58.8 Å². The van der Waals surface area contributed by atoms with Crippen LogP contribution in [0.4, 0.5) is 17.1 Å². The number of anilines is 3. The lowest BCUT2D eigenvalue weighted by Crippen LogP contribution is -2.36. The van der Waals surface area contributed by atoms with Crippen molar-refractivity contribution in [1.82, 2.24) is 0 Å². The molecule has 0 aromatic heterocycles. The lowest BCUT2D eigenvalue weighted by Gasteiger charge is -2.30. The molecule has 32 heavy (non-hydrogen) atoms. The Morgan fingerprint density at radius 2 is 1.75 bits per heavy atom. The topological polar surface area (TPSA) is 95.6 Å². The van der Waals surface area contributed by atoms with Gasteiger partial charge in [-0.2, -0.15) is 0 Å². The van der Waals surface area contributed by atoms with E-state index in [4.69, 9.17) is 0 Å². The van der Waals surface area contributed by atoms with E-state index in [0.717, 1.165) is 17.7 Å². The van der Waals surface area contributed by atoms with Gasteiger partial charge in [-0.05, 0) is 79.6 Å². The van der Waals surface area contributed by atoms with E-state index in [1.165, 1.54) is 6.92 Å². The van der Waals surface area contributed by atoms with E-state index in [1.807, 2.05) is 17.0 Å². The molecule has 0 unspecified atom stereocenters. The number of nitrogens with zero attached hydrogens (tertiary/aromatic N) is 1. The summed E-state index contributed by atoms with van der Waals surface area (Å²) >= 11 is 0. The number of aryl methyl sites for hydroxylation is 3. The summed E-state index contributed by atoms with van der Waals surface area (Å²) in [7, 11) is -3.82. The van der Waals surface area contributed by atoms with Gasteiger partial charge in [-0.15, -0.1) is 0 Å². The van der Waals surface area contributed by atoms with Crippen molar-refractivity contribution in [3.8, 4) is 0 Å². The number of sulfonamides is 1. The van der Waals surface area contributed by atoms with Crippen LogP contribution in [0.1, 0.15) is 50.3 Å². The molecule has 0 atom stereocenters. The highest BCUT2D eigenvalue weighted by Crippen LogP contribution is 2.32. The molecule has 7 nitrogen and oxygen atoms in total. The van der Waals surface area contributed by atoms with Gasteiger partial charge in [0.05, 0.1) is 4.90 Å². The van der Waals surface area contributed by atoms with Gasteiger partial charge < -0.3 is 10.2 Å². The predicted molar refractivity (Wildman–Crippen MR) is 128 cm³/mol. The molecule has 2 N–H and O–H groups in total. The molecular weight excluding hydrogens is 426 g/mol. The SMILES string of the molecule is CC(=O)Nc1c(C)cc(S(=O)(=O)Nc2ccc3c(c2)CCC(=O)N3CCC(C)C)cc1C. The Morgan fingerprint density at radius 3 is 2.34 bits per heavy atom. The highest BCUT2D eigenvalue weighted by atomic mass is 32.2. The third kappa shape index (κ3) is 5.30. The van der Waals surface area contributed by atoms with Crippen molar-refractivity contribution in [2.75, 3.05) is 21.5 Å². The fourth-order valence-electron chi connectivity index (χ4n) is 3.92. The maximum Gasteiger partial charge on any atom is 0.261 e. The lowest BCUT2D eigenvalue weighted by atomic mass is 9.99.